The summed E-state index contributed by atoms with van der Waals surface area (Å²) in [5.74, 6) is -1.30. The number of halogens is 2. The monoisotopic (exact) mass is 481 g/mol. The van der Waals surface area contributed by atoms with Crippen molar-refractivity contribution in [3.8, 4) is 5.75 Å². The summed E-state index contributed by atoms with van der Waals surface area (Å²) in [4.78, 5) is 5.74. The van der Waals surface area contributed by atoms with Gasteiger partial charge in [-0.2, -0.15) is 4.39 Å². The lowest BCUT2D eigenvalue weighted by Gasteiger charge is -2.33. The Labute approximate surface area is 192 Å². The van der Waals surface area contributed by atoms with Crippen LogP contribution in [0.1, 0.15) is 43.6 Å². The Balaban J connectivity index is 1.42. The highest BCUT2D eigenvalue weighted by Crippen LogP contribution is 2.35. The van der Waals surface area contributed by atoms with Crippen molar-refractivity contribution in [3.63, 3.8) is 0 Å². The minimum absolute atomic E-state index is 0.0156. The number of nitrogens with zero attached hydrogens (tertiary/aromatic N) is 2. The fourth-order valence-electron chi connectivity index (χ4n) is 4.92. The van der Waals surface area contributed by atoms with Crippen LogP contribution in [0.25, 0.3) is 0 Å². The summed E-state index contributed by atoms with van der Waals surface area (Å²) in [5, 5.41) is 9.76. The Hall–Kier alpha value is -2.30. The maximum absolute atomic E-state index is 14.6. The van der Waals surface area contributed by atoms with E-state index in [9.17, 15) is 22.3 Å². The van der Waals surface area contributed by atoms with Crippen molar-refractivity contribution in [2.75, 3.05) is 24.3 Å². The third-order valence-corrected chi connectivity index (χ3v) is 7.26. The fourth-order valence-corrected chi connectivity index (χ4v) is 5.74. The minimum Gasteiger partial charge on any atom is -0.505 e. The summed E-state index contributed by atoms with van der Waals surface area (Å²) in [6.45, 7) is 0.570. The number of pyridine rings is 1. The molecule has 33 heavy (non-hydrogen) atoms. The summed E-state index contributed by atoms with van der Waals surface area (Å²) in [7, 11) is -3.48. The molecule has 0 radical (unpaired) electrons. The second-order valence-electron chi connectivity index (χ2n) is 8.88. The van der Waals surface area contributed by atoms with Gasteiger partial charge in [-0.15, -0.1) is 0 Å². The smallest absolute Gasteiger partial charge is 0.209 e. The third kappa shape index (κ3) is 5.80. The van der Waals surface area contributed by atoms with Crippen molar-refractivity contribution in [1.29, 1.82) is 0 Å². The van der Waals surface area contributed by atoms with Crippen LogP contribution >= 0.6 is 0 Å². The number of benzene rings is 1. The molecule has 0 unspecified atom stereocenters. The molecule has 2 atom stereocenters. The number of aromatic hydroxyl groups is 1. The van der Waals surface area contributed by atoms with E-state index in [2.05, 4.69) is 9.71 Å². The van der Waals surface area contributed by atoms with Gasteiger partial charge in [0.2, 0.25) is 15.8 Å². The Kier molecular flexibility index (Phi) is 7.16. The second kappa shape index (κ2) is 9.90. The summed E-state index contributed by atoms with van der Waals surface area (Å²) in [6, 6.07) is 6.94. The van der Waals surface area contributed by atoms with E-state index in [1.54, 1.807) is 17.0 Å². The number of anilines is 1. The first-order valence-electron chi connectivity index (χ1n) is 11.2. The Bertz CT molecular complexity index is 1080. The quantitative estimate of drug-likeness (QED) is 0.631. The molecule has 180 valence electrons. The Morgan fingerprint density at radius 3 is 2.64 bits per heavy atom. The van der Waals surface area contributed by atoms with Crippen molar-refractivity contribution in [2.24, 2.45) is 0 Å². The van der Waals surface area contributed by atoms with E-state index in [0.29, 0.717) is 13.0 Å². The van der Waals surface area contributed by atoms with Crippen LogP contribution in [0.15, 0.2) is 36.5 Å². The van der Waals surface area contributed by atoms with Crippen LogP contribution in [0, 0.1) is 11.6 Å². The topological polar surface area (TPSA) is 91.8 Å². The molecule has 2 heterocycles. The summed E-state index contributed by atoms with van der Waals surface area (Å²) in [6.07, 6.45) is 6.20. The minimum atomic E-state index is -3.48. The van der Waals surface area contributed by atoms with Crippen molar-refractivity contribution >= 4 is 15.8 Å². The van der Waals surface area contributed by atoms with Gasteiger partial charge in [-0.05, 0) is 55.7 Å². The first kappa shape index (κ1) is 23.8. The zero-order valence-corrected chi connectivity index (χ0v) is 19.3. The maximum Gasteiger partial charge on any atom is 0.209 e. The average Bonchev–Trinajstić information content (AvgIpc) is 3.15. The Morgan fingerprint density at radius 1 is 1.18 bits per heavy atom. The normalized spacial score (nSPS) is 26.0. The zero-order chi connectivity index (χ0) is 23.6. The molecule has 1 aliphatic carbocycles. The third-order valence-electron chi connectivity index (χ3n) is 6.53. The summed E-state index contributed by atoms with van der Waals surface area (Å²) >= 11 is 0. The highest BCUT2D eigenvalue weighted by molar-refractivity contribution is 7.88. The molecule has 1 saturated carbocycles. The summed E-state index contributed by atoms with van der Waals surface area (Å²) in [5.41, 5.74) is 0.998. The predicted molar refractivity (Wildman–Crippen MR) is 121 cm³/mol. The van der Waals surface area contributed by atoms with Crippen molar-refractivity contribution in [1.82, 2.24) is 9.71 Å². The SMILES string of the molecule is CS(=O)(=O)N[C@H]1CCN(c2nccc(O)c2F)[C@H]1CO[C@H]1CC[C@@H](c2cccc(F)c2)CC1. The molecular formula is C23H29F2N3O4S. The summed E-state index contributed by atoms with van der Waals surface area (Å²) < 4.78 is 60.7. The Morgan fingerprint density at radius 2 is 1.94 bits per heavy atom. The lowest BCUT2D eigenvalue weighted by molar-refractivity contribution is 0.0155. The zero-order valence-electron chi connectivity index (χ0n) is 18.5. The maximum atomic E-state index is 14.6. The van der Waals surface area contributed by atoms with Gasteiger partial charge in [0.25, 0.3) is 0 Å². The molecule has 1 aliphatic heterocycles. The molecule has 2 N–H and O–H groups in total. The predicted octanol–water partition coefficient (Wildman–Crippen LogP) is 3.30. The molecule has 7 nitrogen and oxygen atoms in total. The highest BCUT2D eigenvalue weighted by atomic mass is 32.2. The molecule has 0 amide bonds. The first-order valence-corrected chi connectivity index (χ1v) is 13.0. The number of nitrogens with one attached hydrogen (secondary N) is 1. The van der Waals surface area contributed by atoms with E-state index in [4.69, 9.17) is 4.74 Å². The number of aromatic nitrogens is 1. The van der Waals surface area contributed by atoms with Gasteiger partial charge in [0, 0.05) is 24.8 Å². The lowest BCUT2D eigenvalue weighted by Crippen LogP contribution is -2.48. The molecule has 2 aromatic rings. The van der Waals surface area contributed by atoms with E-state index in [0.717, 1.165) is 37.5 Å². The van der Waals surface area contributed by atoms with E-state index < -0.39 is 33.7 Å². The number of rotatable bonds is 7. The van der Waals surface area contributed by atoms with E-state index >= 15 is 0 Å². The van der Waals surface area contributed by atoms with Crippen LogP contribution in [0.5, 0.6) is 5.75 Å². The molecule has 1 aromatic carbocycles. The lowest BCUT2D eigenvalue weighted by atomic mass is 9.82. The number of ether oxygens (including phenoxy) is 1. The van der Waals surface area contributed by atoms with Gasteiger partial charge in [0.15, 0.2) is 11.6 Å². The van der Waals surface area contributed by atoms with Gasteiger partial charge in [-0.3, -0.25) is 0 Å². The van der Waals surface area contributed by atoms with Crippen LogP contribution in [-0.2, 0) is 14.8 Å². The molecule has 2 aliphatic rings. The first-order chi connectivity index (χ1) is 15.7. The number of sulfonamides is 1. The van der Waals surface area contributed by atoms with E-state index in [1.165, 1.54) is 18.3 Å². The van der Waals surface area contributed by atoms with Gasteiger partial charge in [0.05, 0.1) is 25.0 Å². The molecule has 0 spiro atoms. The van der Waals surface area contributed by atoms with Crippen molar-refractivity contribution in [3.05, 3.63) is 53.7 Å². The van der Waals surface area contributed by atoms with Crippen LogP contribution in [0.3, 0.4) is 0 Å². The van der Waals surface area contributed by atoms with Crippen molar-refractivity contribution in [2.45, 2.75) is 56.2 Å². The molecule has 4 rings (SSSR count). The fraction of sp³-hybridized carbons (Fsp3) is 0.522. The number of hydrogen-bond donors (Lipinski definition) is 2. The number of hydrogen-bond acceptors (Lipinski definition) is 6. The van der Waals surface area contributed by atoms with E-state index in [-0.39, 0.29) is 30.3 Å². The van der Waals surface area contributed by atoms with Crippen LogP contribution in [-0.4, -0.2) is 56.1 Å². The molecule has 1 saturated heterocycles. The van der Waals surface area contributed by atoms with Crippen LogP contribution < -0.4 is 9.62 Å². The van der Waals surface area contributed by atoms with Crippen LogP contribution in [0.2, 0.25) is 0 Å². The van der Waals surface area contributed by atoms with Gasteiger partial charge >= 0.3 is 0 Å². The van der Waals surface area contributed by atoms with E-state index in [1.807, 2.05) is 6.07 Å². The average molecular weight is 482 g/mol. The standard InChI is InChI=1S/C23H29F2N3O4S/c1-33(30,31)27-19-10-12-28(23-22(25)21(29)9-11-26-23)20(19)14-32-18-7-5-15(6-8-18)16-3-2-4-17(24)13-16/h2-4,9,11,13,15,18-20,27H,5-8,10,12,14H2,1H3,(H,26,29)/t15-,18+,19-,20-/m0/s1. The molecule has 0 bridgehead atoms. The molecular weight excluding hydrogens is 452 g/mol. The van der Waals surface area contributed by atoms with Crippen LogP contribution in [0.4, 0.5) is 14.6 Å². The molecule has 10 heteroatoms. The second-order valence-corrected chi connectivity index (χ2v) is 10.7. The van der Waals surface area contributed by atoms with Gasteiger partial charge < -0.3 is 14.7 Å². The molecule has 2 fully saturated rings. The van der Waals surface area contributed by atoms with Gasteiger partial charge in [-0.1, -0.05) is 12.1 Å². The van der Waals surface area contributed by atoms with Crippen molar-refractivity contribution < 1.29 is 27.0 Å². The largest absolute Gasteiger partial charge is 0.505 e. The molecule has 1 aromatic heterocycles. The van der Waals surface area contributed by atoms with Gasteiger partial charge in [0.1, 0.15) is 5.82 Å². The van der Waals surface area contributed by atoms with Gasteiger partial charge in [-0.25, -0.2) is 22.5 Å². The highest BCUT2D eigenvalue weighted by Gasteiger charge is 2.39.